The van der Waals surface area contributed by atoms with Crippen LogP contribution in [-0.4, -0.2) is 54.3 Å². The van der Waals surface area contributed by atoms with Crippen molar-refractivity contribution in [2.75, 3.05) is 47.3 Å². The van der Waals surface area contributed by atoms with E-state index in [4.69, 9.17) is 32.5 Å². The SMILES string of the molecule is O=C(CSC1=N/C(=C/c2cccc(Cl)c2Cl)C(=O)N1c1ccccc1)Nc1c[n+](N2CCOCC2)no1. The predicted molar refractivity (Wildman–Crippen MR) is 142 cm³/mol. The second-order valence-corrected chi connectivity index (χ2v) is 9.66. The number of ether oxygens (including phenoxy) is 1. The quantitative estimate of drug-likeness (QED) is 0.364. The molecule has 3 aromatic rings. The van der Waals surface area contributed by atoms with Crippen molar-refractivity contribution in [3.05, 3.63) is 76.0 Å². The molecule has 3 heterocycles. The van der Waals surface area contributed by atoms with Crippen molar-refractivity contribution in [2.24, 2.45) is 4.99 Å². The molecule has 0 spiro atoms. The van der Waals surface area contributed by atoms with Gasteiger partial charge in [0.05, 0.1) is 52.6 Å². The van der Waals surface area contributed by atoms with Gasteiger partial charge in [-0.2, -0.15) is 0 Å². The number of amidine groups is 1. The predicted octanol–water partition coefficient (Wildman–Crippen LogP) is 3.35. The van der Waals surface area contributed by atoms with E-state index in [0.29, 0.717) is 52.8 Å². The summed E-state index contributed by atoms with van der Waals surface area (Å²) in [5.74, 6) is -0.489. The van der Waals surface area contributed by atoms with Gasteiger partial charge in [-0.25, -0.2) is 4.99 Å². The van der Waals surface area contributed by atoms with Crippen molar-refractivity contribution >= 4 is 69.6 Å². The molecule has 1 N–H and O–H groups in total. The van der Waals surface area contributed by atoms with Gasteiger partial charge in [0.25, 0.3) is 12.1 Å². The van der Waals surface area contributed by atoms with Crippen LogP contribution >= 0.6 is 35.0 Å². The molecule has 5 rings (SSSR count). The Bertz CT molecular complexity index is 1370. The van der Waals surface area contributed by atoms with Crippen LogP contribution in [0.3, 0.4) is 0 Å². The number of nitrogens with zero attached hydrogens (tertiary/aromatic N) is 5. The average molecular weight is 560 g/mol. The molecule has 13 heteroatoms. The molecule has 0 unspecified atom stereocenters. The number of hydrogen-bond acceptors (Lipinski definition) is 8. The first kappa shape index (κ1) is 25.3. The molecule has 2 aliphatic heterocycles. The molecule has 0 bridgehead atoms. The molecule has 1 saturated heterocycles. The molecule has 0 saturated carbocycles. The fourth-order valence-corrected chi connectivity index (χ4v) is 4.84. The molecular weight excluding hydrogens is 539 g/mol. The van der Waals surface area contributed by atoms with Crippen LogP contribution in [0.4, 0.5) is 11.6 Å². The first-order valence-electron chi connectivity index (χ1n) is 11.3. The van der Waals surface area contributed by atoms with Gasteiger partial charge in [0.1, 0.15) is 5.70 Å². The lowest BCUT2D eigenvalue weighted by atomic mass is 10.2. The van der Waals surface area contributed by atoms with E-state index in [0.717, 1.165) is 11.8 Å². The molecule has 2 amide bonds. The van der Waals surface area contributed by atoms with E-state index in [2.05, 4.69) is 15.6 Å². The van der Waals surface area contributed by atoms with Gasteiger partial charge >= 0.3 is 5.88 Å². The molecule has 0 radical (unpaired) electrons. The maximum absolute atomic E-state index is 13.3. The summed E-state index contributed by atoms with van der Waals surface area (Å²) in [6.45, 7) is 2.52. The molecular formula is C24H21Cl2N6O4S+. The van der Waals surface area contributed by atoms with Crippen LogP contribution in [0.5, 0.6) is 0 Å². The number of carbonyl (C=O) groups is 2. The zero-order chi connectivity index (χ0) is 25.8. The van der Waals surface area contributed by atoms with Crippen molar-refractivity contribution in [3.63, 3.8) is 0 Å². The molecule has 10 nitrogen and oxygen atoms in total. The molecule has 0 aliphatic carbocycles. The smallest absolute Gasteiger partial charge is 0.305 e. The van der Waals surface area contributed by atoms with Crippen LogP contribution in [0.15, 0.2) is 69.9 Å². The number of carbonyl (C=O) groups excluding carboxylic acids is 2. The second kappa shape index (κ2) is 11.3. The van der Waals surface area contributed by atoms with Crippen LogP contribution < -0.4 is 20.0 Å². The first-order chi connectivity index (χ1) is 18.0. The number of aromatic nitrogens is 2. The fraction of sp³-hybridized carbons (Fsp3) is 0.208. The summed E-state index contributed by atoms with van der Waals surface area (Å²) in [6, 6.07) is 14.2. The lowest BCUT2D eigenvalue weighted by Gasteiger charge is -2.18. The minimum atomic E-state index is -0.341. The van der Waals surface area contributed by atoms with E-state index in [9.17, 15) is 9.59 Å². The van der Waals surface area contributed by atoms with Gasteiger partial charge in [0.2, 0.25) is 11.2 Å². The number of rotatable bonds is 6. The van der Waals surface area contributed by atoms with E-state index in [1.807, 2.05) is 23.2 Å². The summed E-state index contributed by atoms with van der Waals surface area (Å²) in [5, 5.41) is 9.62. The average Bonchev–Trinajstić information content (AvgIpc) is 3.50. The highest BCUT2D eigenvalue weighted by Crippen LogP contribution is 2.32. The Morgan fingerprint density at radius 1 is 1.14 bits per heavy atom. The third-order valence-electron chi connectivity index (χ3n) is 5.45. The third-order valence-corrected chi connectivity index (χ3v) is 7.22. The zero-order valence-corrected chi connectivity index (χ0v) is 21.7. The summed E-state index contributed by atoms with van der Waals surface area (Å²) in [4.78, 5) is 33.5. The Balaban J connectivity index is 1.31. The van der Waals surface area contributed by atoms with Crippen molar-refractivity contribution in [2.45, 2.75) is 0 Å². The number of benzene rings is 2. The van der Waals surface area contributed by atoms with Crippen molar-refractivity contribution in [1.82, 2.24) is 5.27 Å². The maximum atomic E-state index is 13.3. The molecule has 1 fully saturated rings. The van der Waals surface area contributed by atoms with Crippen LogP contribution in [-0.2, 0) is 14.3 Å². The van der Waals surface area contributed by atoms with Crippen LogP contribution in [0.1, 0.15) is 5.56 Å². The number of halogens is 2. The van der Waals surface area contributed by atoms with Gasteiger partial charge in [-0.05, 0) is 29.8 Å². The number of amides is 2. The number of morpholine rings is 1. The summed E-state index contributed by atoms with van der Waals surface area (Å²) in [6.07, 6.45) is 3.18. The summed E-state index contributed by atoms with van der Waals surface area (Å²) >= 11 is 13.6. The minimum Gasteiger partial charge on any atom is -0.377 e. The van der Waals surface area contributed by atoms with Gasteiger partial charge in [0, 0.05) is 0 Å². The molecule has 2 aliphatic rings. The monoisotopic (exact) mass is 559 g/mol. The van der Waals surface area contributed by atoms with Gasteiger partial charge in [0.15, 0.2) is 5.17 Å². The van der Waals surface area contributed by atoms with E-state index in [1.165, 1.54) is 4.90 Å². The normalized spacial score (nSPS) is 16.9. The molecule has 37 heavy (non-hydrogen) atoms. The fourth-order valence-electron chi connectivity index (χ4n) is 3.67. The number of hydrogen-bond donors (Lipinski definition) is 1. The summed E-state index contributed by atoms with van der Waals surface area (Å²) < 4.78 is 10.6. The molecule has 2 aromatic carbocycles. The number of anilines is 2. The second-order valence-electron chi connectivity index (χ2n) is 7.93. The highest BCUT2D eigenvalue weighted by atomic mass is 35.5. The highest BCUT2D eigenvalue weighted by molar-refractivity contribution is 8.14. The van der Waals surface area contributed by atoms with Crippen molar-refractivity contribution < 1.29 is 23.6 Å². The van der Waals surface area contributed by atoms with Crippen LogP contribution in [0, 0.1) is 0 Å². The van der Waals surface area contributed by atoms with E-state index in [1.54, 1.807) is 47.4 Å². The molecule has 190 valence electrons. The standard InChI is InChI=1S/C24H20Cl2N6O4S/c25-18-8-4-5-16(22(18)26)13-19-23(34)32(17-6-2-1-3-7-17)24(27-19)37-15-20(33)28-21-14-31(29-36-21)30-9-11-35-12-10-30/h1-8,13-14H,9-12,15H2/p+1/b19-13+. The molecule has 1 aromatic heterocycles. The minimum absolute atomic E-state index is 0.0150. The Morgan fingerprint density at radius 3 is 2.70 bits per heavy atom. The zero-order valence-electron chi connectivity index (χ0n) is 19.3. The topological polar surface area (TPSA) is 104 Å². The Labute approximate surface area is 226 Å². The summed E-state index contributed by atoms with van der Waals surface area (Å²) in [5.41, 5.74) is 1.37. The first-order valence-corrected chi connectivity index (χ1v) is 13.0. The molecule has 0 atom stereocenters. The number of thioether (sulfide) groups is 1. The van der Waals surface area contributed by atoms with Gasteiger partial charge in [-0.3, -0.25) is 24.3 Å². The van der Waals surface area contributed by atoms with Gasteiger partial charge < -0.3 is 4.74 Å². The Hall–Kier alpha value is -3.38. The number of nitrogens with one attached hydrogen (secondary N) is 1. The largest absolute Gasteiger partial charge is 0.377 e. The van der Waals surface area contributed by atoms with Gasteiger partial charge in [-0.1, -0.05) is 65.3 Å². The van der Waals surface area contributed by atoms with Crippen LogP contribution in [0.25, 0.3) is 6.08 Å². The maximum Gasteiger partial charge on any atom is 0.305 e. The lowest BCUT2D eigenvalue weighted by molar-refractivity contribution is -0.759. The highest BCUT2D eigenvalue weighted by Gasteiger charge is 2.33. The van der Waals surface area contributed by atoms with E-state index >= 15 is 0 Å². The van der Waals surface area contributed by atoms with E-state index < -0.39 is 0 Å². The van der Waals surface area contributed by atoms with Crippen molar-refractivity contribution in [1.29, 1.82) is 0 Å². The third kappa shape index (κ3) is 5.80. The Morgan fingerprint density at radius 2 is 1.92 bits per heavy atom. The van der Waals surface area contributed by atoms with E-state index in [-0.39, 0.29) is 29.1 Å². The van der Waals surface area contributed by atoms with Gasteiger partial charge in [-0.15, -0.1) is 5.01 Å². The number of para-hydroxylation sites is 1. The van der Waals surface area contributed by atoms with Crippen molar-refractivity contribution in [3.8, 4) is 0 Å². The lowest BCUT2D eigenvalue weighted by Crippen LogP contribution is -2.62. The number of aliphatic imine (C=N–C) groups is 1. The van der Waals surface area contributed by atoms with Crippen LogP contribution in [0.2, 0.25) is 10.0 Å². The summed E-state index contributed by atoms with van der Waals surface area (Å²) in [7, 11) is 0. The Kier molecular flexibility index (Phi) is 7.75.